The van der Waals surface area contributed by atoms with Crippen LogP contribution in [0.5, 0.6) is 0 Å². The second-order valence-electron chi connectivity index (χ2n) is 8.90. The highest BCUT2D eigenvalue weighted by Crippen LogP contribution is 2.47. The zero-order valence-corrected chi connectivity index (χ0v) is 17.9. The number of aryl methyl sites for hydroxylation is 2. The normalized spacial score (nSPS) is 20.3. The Labute approximate surface area is 174 Å². The maximum atomic E-state index is 13.2. The van der Waals surface area contributed by atoms with Gasteiger partial charge in [0.1, 0.15) is 6.04 Å². The van der Waals surface area contributed by atoms with E-state index in [1.54, 1.807) is 11.3 Å². The summed E-state index contributed by atoms with van der Waals surface area (Å²) in [7, 11) is 0. The fourth-order valence-electron chi connectivity index (χ4n) is 4.34. The molecule has 1 aliphatic heterocycles. The molecule has 0 spiro atoms. The standard InChI is InChI=1S/C23H24N4OS/c1-13-5-7-15(8-6-13)21-25-22-24-16-11-23(3,4)12-17(28)18(16)19(27(22)26-21)20-14(2)9-10-29-20/h5-10,19H,11-12H2,1-4H3,(H,24,25,26). The minimum Gasteiger partial charge on any atom is -0.328 e. The Morgan fingerprint density at radius 2 is 1.90 bits per heavy atom. The number of aromatic nitrogens is 3. The molecule has 1 unspecified atom stereocenters. The number of Topliss-reactive ketones (excluding diaryl/α,β-unsaturated/α-hetero) is 1. The summed E-state index contributed by atoms with van der Waals surface area (Å²) in [6, 6.07) is 10.1. The van der Waals surface area contributed by atoms with E-state index >= 15 is 0 Å². The van der Waals surface area contributed by atoms with E-state index in [4.69, 9.17) is 10.1 Å². The number of thiophene rings is 1. The minimum atomic E-state index is -0.212. The smallest absolute Gasteiger partial charge is 0.226 e. The van der Waals surface area contributed by atoms with Crippen LogP contribution in [0.15, 0.2) is 47.0 Å². The summed E-state index contributed by atoms with van der Waals surface area (Å²) in [5.74, 6) is 1.60. The Kier molecular flexibility index (Phi) is 4.03. The summed E-state index contributed by atoms with van der Waals surface area (Å²) < 4.78 is 1.91. The molecule has 5 rings (SSSR count). The second-order valence-corrected chi connectivity index (χ2v) is 9.85. The largest absolute Gasteiger partial charge is 0.328 e. The van der Waals surface area contributed by atoms with Crippen LogP contribution in [0.25, 0.3) is 11.4 Å². The molecule has 3 aromatic rings. The quantitative estimate of drug-likeness (QED) is 0.631. The first-order valence-corrected chi connectivity index (χ1v) is 10.8. The van der Waals surface area contributed by atoms with E-state index in [0.717, 1.165) is 28.1 Å². The van der Waals surface area contributed by atoms with Crippen molar-refractivity contribution < 1.29 is 4.79 Å². The highest BCUT2D eigenvalue weighted by Gasteiger charge is 2.42. The molecular formula is C23H24N4OS. The fraction of sp³-hybridized carbons (Fsp3) is 0.348. The number of ketones is 1. The molecule has 0 fully saturated rings. The maximum Gasteiger partial charge on any atom is 0.226 e. The predicted molar refractivity (Wildman–Crippen MR) is 116 cm³/mol. The van der Waals surface area contributed by atoms with Crippen LogP contribution in [-0.2, 0) is 4.79 Å². The van der Waals surface area contributed by atoms with Gasteiger partial charge in [0.2, 0.25) is 5.95 Å². The van der Waals surface area contributed by atoms with Gasteiger partial charge in [-0.1, -0.05) is 43.7 Å². The lowest BCUT2D eigenvalue weighted by Gasteiger charge is -2.38. The number of carbonyl (C=O) groups is 1. The number of fused-ring (bicyclic) bond motifs is 1. The first-order valence-electron chi connectivity index (χ1n) is 9.93. The van der Waals surface area contributed by atoms with E-state index in [0.29, 0.717) is 18.2 Å². The van der Waals surface area contributed by atoms with E-state index in [2.05, 4.69) is 56.6 Å². The molecule has 1 aromatic carbocycles. The van der Waals surface area contributed by atoms with Gasteiger partial charge >= 0.3 is 0 Å². The van der Waals surface area contributed by atoms with Crippen LogP contribution in [-0.4, -0.2) is 20.5 Å². The first-order chi connectivity index (χ1) is 13.8. The van der Waals surface area contributed by atoms with Crippen LogP contribution in [0, 0.1) is 19.3 Å². The van der Waals surface area contributed by atoms with Crippen LogP contribution in [0.4, 0.5) is 5.95 Å². The molecule has 0 amide bonds. The summed E-state index contributed by atoms with van der Waals surface area (Å²) in [4.78, 5) is 19.2. The number of rotatable bonds is 2. The van der Waals surface area contributed by atoms with E-state index < -0.39 is 0 Å². The molecule has 0 saturated carbocycles. The van der Waals surface area contributed by atoms with E-state index in [-0.39, 0.29) is 17.2 Å². The molecular weight excluding hydrogens is 380 g/mol. The van der Waals surface area contributed by atoms with Gasteiger partial charge in [-0.2, -0.15) is 4.98 Å². The molecule has 0 bridgehead atoms. The van der Waals surface area contributed by atoms with Crippen molar-refractivity contribution in [1.29, 1.82) is 0 Å². The molecule has 3 heterocycles. The fourth-order valence-corrected chi connectivity index (χ4v) is 5.36. The lowest BCUT2D eigenvalue weighted by Crippen LogP contribution is -2.36. The topological polar surface area (TPSA) is 59.8 Å². The van der Waals surface area contributed by atoms with E-state index in [1.807, 2.05) is 16.8 Å². The van der Waals surface area contributed by atoms with Crippen molar-refractivity contribution in [3.05, 3.63) is 63.0 Å². The Morgan fingerprint density at radius 3 is 2.59 bits per heavy atom. The van der Waals surface area contributed by atoms with Crippen LogP contribution < -0.4 is 5.32 Å². The van der Waals surface area contributed by atoms with E-state index in [1.165, 1.54) is 11.1 Å². The van der Waals surface area contributed by atoms with Gasteiger partial charge in [0.25, 0.3) is 0 Å². The number of hydrogen-bond donors (Lipinski definition) is 1. The number of benzene rings is 1. The van der Waals surface area contributed by atoms with Crippen LogP contribution in [0.1, 0.15) is 48.7 Å². The average Bonchev–Trinajstić information content (AvgIpc) is 3.25. The third-order valence-electron chi connectivity index (χ3n) is 5.79. The molecule has 6 heteroatoms. The number of nitrogens with one attached hydrogen (secondary N) is 1. The predicted octanol–water partition coefficient (Wildman–Crippen LogP) is 5.28. The summed E-state index contributed by atoms with van der Waals surface area (Å²) in [6.07, 6.45) is 1.39. The average molecular weight is 405 g/mol. The Balaban J connectivity index is 1.68. The van der Waals surface area contributed by atoms with Gasteiger partial charge in [0, 0.05) is 28.1 Å². The summed E-state index contributed by atoms with van der Waals surface area (Å²) in [5.41, 5.74) is 5.16. The van der Waals surface area contributed by atoms with Crippen molar-refractivity contribution in [3.8, 4) is 11.4 Å². The van der Waals surface area contributed by atoms with Crippen molar-refractivity contribution in [1.82, 2.24) is 14.8 Å². The molecule has 0 saturated heterocycles. The highest BCUT2D eigenvalue weighted by atomic mass is 32.1. The summed E-state index contributed by atoms with van der Waals surface area (Å²) in [6.45, 7) is 8.47. The highest BCUT2D eigenvalue weighted by molar-refractivity contribution is 7.10. The van der Waals surface area contributed by atoms with Gasteiger partial charge in [0.15, 0.2) is 11.6 Å². The number of allylic oxidation sites excluding steroid dienone is 2. The molecule has 1 aliphatic carbocycles. The molecule has 0 radical (unpaired) electrons. The van der Waals surface area contributed by atoms with Gasteiger partial charge in [-0.25, -0.2) is 4.68 Å². The van der Waals surface area contributed by atoms with Crippen molar-refractivity contribution in [2.75, 3.05) is 5.32 Å². The minimum absolute atomic E-state index is 0.0556. The van der Waals surface area contributed by atoms with Crippen molar-refractivity contribution >= 4 is 23.1 Å². The third kappa shape index (κ3) is 3.02. The first kappa shape index (κ1) is 18.3. The van der Waals surface area contributed by atoms with Crippen molar-refractivity contribution in [2.24, 2.45) is 5.41 Å². The number of carbonyl (C=O) groups excluding carboxylic acids is 1. The Bertz CT molecular complexity index is 1150. The molecule has 1 atom stereocenters. The lowest BCUT2D eigenvalue weighted by molar-refractivity contribution is -0.118. The monoisotopic (exact) mass is 404 g/mol. The summed E-state index contributed by atoms with van der Waals surface area (Å²) >= 11 is 1.68. The van der Waals surface area contributed by atoms with Gasteiger partial charge in [0.05, 0.1) is 0 Å². The SMILES string of the molecule is Cc1ccc(-c2nc3n(n2)C(c2sccc2C)C2=C(CC(C)(C)CC2=O)N3)cc1. The maximum absolute atomic E-state index is 13.2. The van der Waals surface area contributed by atoms with Gasteiger partial charge in [-0.15, -0.1) is 16.4 Å². The van der Waals surface area contributed by atoms with Crippen LogP contribution >= 0.6 is 11.3 Å². The molecule has 2 aliphatic rings. The molecule has 1 N–H and O–H groups in total. The zero-order chi connectivity index (χ0) is 20.3. The summed E-state index contributed by atoms with van der Waals surface area (Å²) in [5, 5.41) is 10.4. The molecule has 2 aromatic heterocycles. The second kappa shape index (κ2) is 6.39. The van der Waals surface area contributed by atoms with Crippen molar-refractivity contribution in [2.45, 2.75) is 46.6 Å². The molecule has 148 valence electrons. The Morgan fingerprint density at radius 1 is 1.14 bits per heavy atom. The van der Waals surface area contributed by atoms with Gasteiger partial charge < -0.3 is 5.32 Å². The molecule has 29 heavy (non-hydrogen) atoms. The molecule has 5 nitrogen and oxygen atoms in total. The third-order valence-corrected chi connectivity index (χ3v) is 6.86. The van der Waals surface area contributed by atoms with Gasteiger partial charge in [-0.3, -0.25) is 4.79 Å². The zero-order valence-electron chi connectivity index (χ0n) is 17.1. The number of nitrogens with zero attached hydrogens (tertiary/aromatic N) is 3. The Hall–Kier alpha value is -2.73. The van der Waals surface area contributed by atoms with E-state index in [9.17, 15) is 4.79 Å². The number of anilines is 1. The van der Waals surface area contributed by atoms with Crippen LogP contribution in [0.2, 0.25) is 0 Å². The number of hydrogen-bond acceptors (Lipinski definition) is 5. The van der Waals surface area contributed by atoms with Crippen LogP contribution in [0.3, 0.4) is 0 Å². The lowest BCUT2D eigenvalue weighted by atomic mass is 9.73. The van der Waals surface area contributed by atoms with Crippen molar-refractivity contribution in [3.63, 3.8) is 0 Å². The van der Waals surface area contributed by atoms with Gasteiger partial charge in [-0.05, 0) is 42.7 Å².